The number of carboxylic acids is 1. The van der Waals surface area contributed by atoms with E-state index >= 15 is 0 Å². The highest BCUT2D eigenvalue weighted by Gasteiger charge is 2.53. The van der Waals surface area contributed by atoms with Gasteiger partial charge in [-0.2, -0.15) is 0 Å². The molecule has 4 rings (SSSR count). The summed E-state index contributed by atoms with van der Waals surface area (Å²) in [4.78, 5) is 22.9. The van der Waals surface area contributed by atoms with Crippen molar-refractivity contribution in [1.29, 1.82) is 0 Å². The van der Waals surface area contributed by atoms with Crippen LogP contribution in [0.5, 0.6) is 0 Å². The van der Waals surface area contributed by atoms with Crippen LogP contribution in [0.15, 0.2) is 47.6 Å². The molecule has 4 heterocycles. The molecule has 0 aromatic rings. The molecule has 23 heteroatoms. The summed E-state index contributed by atoms with van der Waals surface area (Å²) in [5.41, 5.74) is 2.27. The first-order valence-corrected chi connectivity index (χ1v) is 23.5. The van der Waals surface area contributed by atoms with Gasteiger partial charge in [0.25, 0.3) is 0 Å². The van der Waals surface area contributed by atoms with Gasteiger partial charge in [-0.3, -0.25) is 9.59 Å². The zero-order valence-corrected chi connectivity index (χ0v) is 40.5. The molecule has 4 saturated heterocycles. The third kappa shape index (κ3) is 16.1. The summed E-state index contributed by atoms with van der Waals surface area (Å²) in [7, 11) is 0. The second kappa shape index (κ2) is 27.4. The van der Waals surface area contributed by atoms with Crippen molar-refractivity contribution in [3.8, 4) is 0 Å². The summed E-state index contributed by atoms with van der Waals surface area (Å²) in [5.74, 6) is -2.79. The van der Waals surface area contributed by atoms with E-state index in [4.69, 9.17) is 47.7 Å². The highest BCUT2D eigenvalue weighted by molar-refractivity contribution is 5.90. The third-order valence-corrected chi connectivity index (χ3v) is 12.9. The zero-order valence-electron chi connectivity index (χ0n) is 40.5. The molecule has 21 unspecified atom stereocenters. The molecule has 0 aliphatic carbocycles. The lowest BCUT2D eigenvalue weighted by Gasteiger charge is -2.47. The van der Waals surface area contributed by atoms with Crippen LogP contribution in [-0.2, 0) is 52.2 Å². The number of rotatable bonds is 24. The number of aliphatic hydroxyl groups is 11. The number of aliphatic hydroxyl groups excluding tert-OH is 11. The van der Waals surface area contributed by atoms with E-state index in [1.807, 2.05) is 19.9 Å². The van der Waals surface area contributed by atoms with Crippen molar-refractivity contribution in [3.05, 3.63) is 47.6 Å². The predicted octanol–water partition coefficient (Wildman–Crippen LogP) is -1.53. The van der Waals surface area contributed by atoms with Crippen LogP contribution in [0, 0.1) is 0 Å². The second-order valence-corrected chi connectivity index (χ2v) is 18.7. The molecule has 4 aliphatic heterocycles. The van der Waals surface area contributed by atoms with Gasteiger partial charge in [0.2, 0.25) is 0 Å². The van der Waals surface area contributed by atoms with E-state index in [1.54, 1.807) is 26.8 Å². The van der Waals surface area contributed by atoms with Crippen molar-refractivity contribution >= 4 is 11.9 Å². The molecule has 21 atom stereocenters. The molecule has 23 nitrogen and oxygen atoms in total. The lowest BCUT2D eigenvalue weighted by molar-refractivity contribution is -0.357. The summed E-state index contributed by atoms with van der Waals surface area (Å²) in [6.07, 6.45) is -18.4. The fourth-order valence-corrected chi connectivity index (χ4v) is 8.55. The number of ether oxygens (including phenoxy) is 9. The zero-order chi connectivity index (χ0) is 52.2. The first-order valence-electron chi connectivity index (χ1n) is 23.5. The van der Waals surface area contributed by atoms with E-state index in [2.05, 4.69) is 25.7 Å². The number of aliphatic carboxylic acids is 1. The van der Waals surface area contributed by atoms with Crippen LogP contribution >= 0.6 is 0 Å². The van der Waals surface area contributed by atoms with Crippen LogP contribution in [0.2, 0.25) is 0 Å². The molecule has 4 aliphatic rings. The van der Waals surface area contributed by atoms with E-state index in [0.717, 1.165) is 36.8 Å². The minimum atomic E-state index is -1.95. The Kier molecular flexibility index (Phi) is 23.4. The number of carbonyl (C=O) groups excluding carboxylic acids is 1. The number of hydrogen-bond donors (Lipinski definition) is 12. The Balaban J connectivity index is 1.19. The number of hydrogen-bond acceptors (Lipinski definition) is 22. The molecule has 70 heavy (non-hydrogen) atoms. The van der Waals surface area contributed by atoms with Crippen molar-refractivity contribution in [2.45, 2.75) is 215 Å². The summed E-state index contributed by atoms with van der Waals surface area (Å²) >= 11 is 0. The molecule has 0 saturated carbocycles. The molecular formula is C47H76O23. The minimum Gasteiger partial charge on any atom is -0.481 e. The molecule has 4 fully saturated rings. The molecule has 0 radical (unpaired) electrons. The molecule has 0 spiro atoms. The monoisotopic (exact) mass is 1010 g/mol. The van der Waals surface area contributed by atoms with E-state index < -0.39 is 160 Å². The van der Waals surface area contributed by atoms with Gasteiger partial charge >= 0.3 is 11.9 Å². The van der Waals surface area contributed by atoms with Crippen molar-refractivity contribution in [2.24, 2.45) is 0 Å². The van der Waals surface area contributed by atoms with Crippen molar-refractivity contribution in [3.63, 3.8) is 0 Å². The van der Waals surface area contributed by atoms with Crippen molar-refractivity contribution in [2.75, 3.05) is 19.8 Å². The third-order valence-electron chi connectivity index (χ3n) is 12.9. The fraction of sp³-hybridized carbons (Fsp3) is 0.787. The molecule has 0 amide bonds. The lowest BCUT2D eigenvalue weighted by atomic mass is 9.94. The highest BCUT2D eigenvalue weighted by atomic mass is 16.7. The van der Waals surface area contributed by atoms with Gasteiger partial charge in [-0.15, -0.1) is 6.58 Å². The smallest absolute Gasteiger partial charge is 0.317 e. The Bertz CT molecular complexity index is 1760. The Morgan fingerprint density at radius 3 is 1.60 bits per heavy atom. The molecule has 402 valence electrons. The highest BCUT2D eigenvalue weighted by Crippen LogP contribution is 2.34. The summed E-state index contributed by atoms with van der Waals surface area (Å²) in [6, 6.07) is 0. The van der Waals surface area contributed by atoms with Crippen LogP contribution in [0.1, 0.15) is 86.5 Å². The quantitative estimate of drug-likeness (QED) is 0.0297. The lowest BCUT2D eigenvalue weighted by Crippen LogP contribution is -2.65. The van der Waals surface area contributed by atoms with Crippen LogP contribution in [-0.4, -0.2) is 221 Å². The van der Waals surface area contributed by atoms with E-state index in [-0.39, 0.29) is 6.61 Å². The fourth-order valence-electron chi connectivity index (χ4n) is 8.55. The summed E-state index contributed by atoms with van der Waals surface area (Å²) < 4.78 is 50.5. The van der Waals surface area contributed by atoms with E-state index in [9.17, 15) is 65.8 Å². The first kappa shape index (κ1) is 59.7. The van der Waals surface area contributed by atoms with Gasteiger partial charge in [0, 0.05) is 0 Å². The Labute approximate surface area is 407 Å². The van der Waals surface area contributed by atoms with Gasteiger partial charge < -0.3 is 104 Å². The van der Waals surface area contributed by atoms with Gasteiger partial charge in [0.15, 0.2) is 31.3 Å². The van der Waals surface area contributed by atoms with E-state index in [1.165, 1.54) is 5.57 Å². The van der Waals surface area contributed by atoms with Crippen LogP contribution in [0.4, 0.5) is 0 Å². The van der Waals surface area contributed by atoms with Crippen molar-refractivity contribution < 1.29 is 113 Å². The molecule has 0 bridgehead atoms. The predicted molar refractivity (Wildman–Crippen MR) is 241 cm³/mol. The SMILES string of the molecule is C=CC(C)(CCC=C(C)CCC=C(C)CCC=C(C)COC1C(C)OC(OC2C(CO)OC(O)C(O)C2O)C(O)C1O)OC1C(C)OC(OC2C(CO)OC(O)C(OC(=O)CC(=O)O)C2O)C(O)C1O. The van der Waals surface area contributed by atoms with Crippen LogP contribution in [0.25, 0.3) is 0 Å². The average Bonchev–Trinajstić information content (AvgIpc) is 3.30. The maximum absolute atomic E-state index is 12.0. The molecular weight excluding hydrogens is 932 g/mol. The summed E-state index contributed by atoms with van der Waals surface area (Å²) in [5, 5.41) is 124. The van der Waals surface area contributed by atoms with Gasteiger partial charge in [0.1, 0.15) is 85.8 Å². The largest absolute Gasteiger partial charge is 0.481 e. The normalized spacial score (nSPS) is 39.8. The second-order valence-electron chi connectivity index (χ2n) is 18.7. The van der Waals surface area contributed by atoms with E-state index in [0.29, 0.717) is 12.8 Å². The molecule has 12 N–H and O–H groups in total. The molecule has 0 aromatic heterocycles. The molecule has 0 aromatic carbocycles. The summed E-state index contributed by atoms with van der Waals surface area (Å²) in [6.45, 7) is 13.6. The number of esters is 1. The number of allylic oxidation sites excluding steroid dienone is 5. The number of carboxylic acid groups (broad SMARTS) is 1. The maximum Gasteiger partial charge on any atom is 0.317 e. The Morgan fingerprint density at radius 2 is 1.07 bits per heavy atom. The van der Waals surface area contributed by atoms with Crippen LogP contribution in [0.3, 0.4) is 0 Å². The minimum absolute atomic E-state index is 0.152. The Morgan fingerprint density at radius 1 is 0.600 bits per heavy atom. The Hall–Kier alpha value is -2.86. The maximum atomic E-state index is 12.0. The topological polar surface area (TPSA) is 360 Å². The standard InChI is InChI=1S/C47H76O23/c1-8-47(7,70-39-26(6)64-46(36(58)33(39)55)69-41-28(20-49)66-44(61)42(37(41)59)67-30(52)18-29(50)51)17-11-16-23(3)13-9-12-22(2)14-10-15-24(4)21-62-38-25(5)63-45(35(57)32(38)54)68-40-27(19-48)65-43(60)34(56)31(40)53/h8,12,15-16,25-28,31-46,48-49,53-61H,1,9-11,13-14,17-21H2,2-7H3,(H,50,51). The van der Waals surface area contributed by atoms with Gasteiger partial charge in [-0.25, -0.2) is 0 Å². The van der Waals surface area contributed by atoms with Gasteiger partial charge in [0.05, 0.1) is 37.6 Å². The number of carbonyl (C=O) groups is 2. The van der Waals surface area contributed by atoms with Crippen molar-refractivity contribution in [1.82, 2.24) is 0 Å². The average molecular weight is 1010 g/mol. The van der Waals surface area contributed by atoms with Gasteiger partial charge in [-0.05, 0) is 80.1 Å². The van der Waals surface area contributed by atoms with Crippen LogP contribution < -0.4 is 0 Å². The first-order chi connectivity index (χ1) is 32.9. The van der Waals surface area contributed by atoms with Gasteiger partial charge in [-0.1, -0.05) is 41.0 Å².